The van der Waals surface area contributed by atoms with Gasteiger partial charge in [0.15, 0.2) is 0 Å². The van der Waals surface area contributed by atoms with Crippen molar-refractivity contribution in [3.63, 3.8) is 0 Å². The molecule has 0 spiro atoms. The summed E-state index contributed by atoms with van der Waals surface area (Å²) >= 11 is -4.93. The molecule has 140 valence electrons. The number of rotatable bonds is 5. The van der Waals surface area contributed by atoms with E-state index in [0.717, 1.165) is 6.92 Å². The average Bonchev–Trinajstić information content (AvgIpc) is 2.55. The molecule has 1 aromatic heterocycles. The molecule has 0 saturated heterocycles. The van der Waals surface area contributed by atoms with Crippen molar-refractivity contribution in [2.75, 3.05) is 5.32 Å². The number of benzene rings is 1. The van der Waals surface area contributed by atoms with Crippen LogP contribution < -0.4 is 9.67 Å². The second-order valence-corrected chi connectivity index (χ2v) is 8.76. The van der Waals surface area contributed by atoms with Gasteiger partial charge in [0.2, 0.25) is 0 Å². The summed E-state index contributed by atoms with van der Waals surface area (Å²) in [6.07, 6.45) is 3.09. The maximum Gasteiger partial charge on any atom is 0.300 e. The third kappa shape index (κ3) is 7.10. The molecule has 2 aromatic rings. The Morgan fingerprint density at radius 3 is 2.31 bits per heavy atom. The number of carbonyl (C=O) groups excluding carboxylic acids is 1. The Morgan fingerprint density at radius 2 is 1.77 bits per heavy atom. The van der Waals surface area contributed by atoms with Crippen LogP contribution in [0.2, 0.25) is 0 Å². The van der Waals surface area contributed by atoms with Crippen LogP contribution in [0.5, 0.6) is 5.75 Å². The minimum Gasteiger partial charge on any atom is -0.481 e. The molecule has 1 aromatic carbocycles. The third-order valence-electron chi connectivity index (χ3n) is 2.78. The Hall–Kier alpha value is -2.61. The zero-order valence-electron chi connectivity index (χ0n) is 14.1. The number of aromatic nitrogens is 1. The molecule has 1 unspecified atom stereocenters. The van der Waals surface area contributed by atoms with E-state index in [1.807, 2.05) is 0 Å². The maximum atomic E-state index is 12.5. The molecule has 2 rings (SSSR count). The summed E-state index contributed by atoms with van der Waals surface area (Å²) in [5.41, 5.74) is 0.585. The quantitative estimate of drug-likeness (QED) is 0.402. The molecule has 0 aliphatic rings. The van der Waals surface area contributed by atoms with Crippen molar-refractivity contribution < 1.29 is 31.4 Å². The van der Waals surface area contributed by atoms with E-state index in [2.05, 4.69) is 10.3 Å². The van der Waals surface area contributed by atoms with Crippen molar-refractivity contribution in [1.29, 1.82) is 0 Å². The topological polar surface area (TPSA) is 146 Å². The molecule has 0 saturated carbocycles. The van der Waals surface area contributed by atoms with Gasteiger partial charge in [0.05, 0.1) is 0 Å². The zero-order valence-corrected chi connectivity index (χ0v) is 16.0. The van der Waals surface area contributed by atoms with Crippen molar-refractivity contribution in [2.45, 2.75) is 20.5 Å². The third-order valence-corrected chi connectivity index (χ3v) is 5.85. The smallest absolute Gasteiger partial charge is 0.300 e. The van der Waals surface area contributed by atoms with Gasteiger partial charge >= 0.3 is 129 Å². The number of pyridine rings is 1. The minimum atomic E-state index is -4.93. The summed E-state index contributed by atoms with van der Waals surface area (Å²) < 4.78 is 27.7. The predicted octanol–water partition coefficient (Wildman–Crippen LogP) is 0.622. The Morgan fingerprint density at radius 1 is 1.19 bits per heavy atom. The minimum absolute atomic E-state index is 0.0787. The van der Waals surface area contributed by atoms with E-state index in [9.17, 15) is 17.7 Å². The van der Waals surface area contributed by atoms with Crippen LogP contribution in [0.25, 0.3) is 0 Å². The van der Waals surface area contributed by atoms with Gasteiger partial charge < -0.3 is 5.11 Å². The van der Waals surface area contributed by atoms with Gasteiger partial charge in [-0.3, -0.25) is 4.79 Å². The van der Waals surface area contributed by atoms with Gasteiger partial charge in [0, 0.05) is 6.92 Å². The Labute approximate surface area is 152 Å². The van der Waals surface area contributed by atoms with E-state index in [1.165, 1.54) is 25.1 Å². The Bertz CT molecular complexity index is 808. The number of nitrogens with one attached hydrogen (secondary N) is 1. The molecule has 10 heteroatoms. The number of aliphatic carboxylic acids is 1. The van der Waals surface area contributed by atoms with Crippen LogP contribution in [-0.2, 0) is 23.7 Å². The van der Waals surface area contributed by atoms with Crippen LogP contribution in [0.3, 0.4) is 0 Å². The number of aromatic hydroxyl groups is 1. The molecule has 0 aliphatic carbocycles. The number of amides is 1. The van der Waals surface area contributed by atoms with E-state index in [4.69, 9.17) is 13.6 Å². The van der Waals surface area contributed by atoms with E-state index in [0.29, 0.717) is 5.56 Å². The number of phenolic OH excluding ortho intramolecular Hbond substituents is 1. The van der Waals surface area contributed by atoms with Gasteiger partial charge in [-0.2, -0.15) is 0 Å². The normalized spacial score (nSPS) is 12.3. The number of carbonyl (C=O) groups is 2. The van der Waals surface area contributed by atoms with Gasteiger partial charge in [-0.25, -0.2) is 0 Å². The first-order valence-corrected chi connectivity index (χ1v) is 10.6. The fraction of sp³-hybridized carbons (Fsp3) is 0.188. The summed E-state index contributed by atoms with van der Waals surface area (Å²) in [5, 5.41) is 19.6. The molecule has 26 heavy (non-hydrogen) atoms. The largest absolute Gasteiger partial charge is 0.481 e. The van der Waals surface area contributed by atoms with Crippen LogP contribution in [0, 0.1) is 0 Å². The van der Waals surface area contributed by atoms with Crippen molar-refractivity contribution in [3.05, 3.63) is 48.3 Å². The first-order chi connectivity index (χ1) is 12.1. The zero-order chi connectivity index (χ0) is 19.7. The number of hydrogen-bond acceptors (Lipinski definition) is 6. The van der Waals surface area contributed by atoms with E-state index < -0.39 is 26.0 Å². The molecular formula is C16H19AsN2O7. The van der Waals surface area contributed by atoms with Crippen molar-refractivity contribution in [1.82, 2.24) is 4.98 Å². The number of anilines is 1. The van der Waals surface area contributed by atoms with Gasteiger partial charge in [0.25, 0.3) is 5.97 Å². The molecule has 9 nitrogen and oxygen atoms in total. The second kappa shape index (κ2) is 9.76. The van der Waals surface area contributed by atoms with Gasteiger partial charge in [-0.05, 0) is 0 Å². The van der Waals surface area contributed by atoms with E-state index >= 15 is 0 Å². The average molecular weight is 426 g/mol. The molecule has 4 N–H and O–H groups in total. The van der Waals surface area contributed by atoms with Crippen LogP contribution in [0.15, 0.2) is 42.7 Å². The summed E-state index contributed by atoms with van der Waals surface area (Å²) in [7, 11) is 0. The molecule has 0 radical (unpaired) electrons. The van der Waals surface area contributed by atoms with Gasteiger partial charge in [-0.1, -0.05) is 0 Å². The summed E-state index contributed by atoms with van der Waals surface area (Å²) in [6, 6.07) is 7.39. The first kappa shape index (κ1) is 21.4. The molecule has 0 fully saturated rings. The fourth-order valence-corrected chi connectivity index (χ4v) is 4.28. The molecule has 0 bridgehead atoms. The SMILES string of the molecule is CC(=O)Nc1c(O)cccc1[As](=O)(O)OCc1ccncc1.CC(=O)O. The molecular weight excluding hydrogens is 407 g/mol. The van der Waals surface area contributed by atoms with Crippen molar-refractivity contribution in [3.8, 4) is 5.75 Å². The number of para-hydroxylation sites is 1. The molecule has 1 heterocycles. The summed E-state index contributed by atoms with van der Waals surface area (Å²) in [6.45, 7) is 2.24. The van der Waals surface area contributed by atoms with Crippen LogP contribution >= 0.6 is 0 Å². The van der Waals surface area contributed by atoms with E-state index in [-0.39, 0.29) is 22.4 Å². The van der Waals surface area contributed by atoms with Crippen LogP contribution in [0.1, 0.15) is 19.4 Å². The number of phenols is 1. The maximum absolute atomic E-state index is 12.5. The summed E-state index contributed by atoms with van der Waals surface area (Å²) in [4.78, 5) is 24.0. The monoisotopic (exact) mass is 426 g/mol. The second-order valence-electron chi connectivity index (χ2n) is 5.02. The standard InChI is InChI=1S/C14H15AsN2O5.C2H4O2/c1-10(18)17-14-12(3-2-4-13(14)19)15(20,21)22-9-11-5-7-16-8-6-11;1-2(3)4/h2-8,19H,9H2,1H3,(H,17,18)(H,20,21);1H3,(H,3,4). The van der Waals surface area contributed by atoms with Crippen molar-refractivity contribution >= 4 is 36.1 Å². The Kier molecular flexibility index (Phi) is 8.05. The number of nitrogens with zero attached hydrogens (tertiary/aromatic N) is 1. The van der Waals surface area contributed by atoms with Crippen molar-refractivity contribution in [2.24, 2.45) is 0 Å². The van der Waals surface area contributed by atoms with E-state index in [1.54, 1.807) is 24.5 Å². The number of carboxylic acids is 1. The van der Waals surface area contributed by atoms with Gasteiger partial charge in [0.1, 0.15) is 0 Å². The predicted molar refractivity (Wildman–Crippen MR) is 93.0 cm³/mol. The first-order valence-electron chi connectivity index (χ1n) is 7.29. The number of carboxylic acid groups (broad SMARTS) is 1. The van der Waals surface area contributed by atoms with Gasteiger partial charge in [-0.15, -0.1) is 0 Å². The van der Waals surface area contributed by atoms with Crippen LogP contribution in [0.4, 0.5) is 5.69 Å². The molecule has 0 aliphatic heterocycles. The van der Waals surface area contributed by atoms with Crippen LogP contribution in [-0.4, -0.2) is 45.3 Å². The fourth-order valence-electron chi connectivity index (χ4n) is 1.78. The molecule has 1 amide bonds. The summed E-state index contributed by atoms with van der Waals surface area (Å²) in [5.74, 6) is -1.59. The number of hydrogen-bond donors (Lipinski definition) is 4. The molecule has 1 atom stereocenters. The Balaban J connectivity index is 0.000000765.